The van der Waals surface area contributed by atoms with Crippen LogP contribution >= 0.6 is 11.8 Å². The van der Waals surface area contributed by atoms with Gasteiger partial charge in [0.2, 0.25) is 5.91 Å². The summed E-state index contributed by atoms with van der Waals surface area (Å²) >= 11 is 1.21. The Balaban J connectivity index is 1.48. The number of rotatable bonds is 8. The van der Waals surface area contributed by atoms with E-state index in [9.17, 15) is 14.7 Å². The number of aliphatic imine (C=N–C) groups is 1. The lowest BCUT2D eigenvalue weighted by Crippen LogP contribution is -2.34. The van der Waals surface area contributed by atoms with Gasteiger partial charge < -0.3 is 24.0 Å². The second kappa shape index (κ2) is 13.1. The van der Waals surface area contributed by atoms with Crippen molar-refractivity contribution < 1.29 is 24.2 Å². The summed E-state index contributed by atoms with van der Waals surface area (Å²) < 4.78 is 12.7. The zero-order chi connectivity index (χ0) is 28.8. The van der Waals surface area contributed by atoms with E-state index in [1.807, 2.05) is 65.1 Å². The highest BCUT2D eigenvalue weighted by Crippen LogP contribution is 2.41. The Morgan fingerprint density at radius 1 is 1.00 bits per heavy atom. The van der Waals surface area contributed by atoms with Gasteiger partial charge in [-0.2, -0.15) is 0 Å². The van der Waals surface area contributed by atoms with Crippen LogP contribution in [0.5, 0.6) is 5.75 Å². The zero-order valence-electron chi connectivity index (χ0n) is 23.5. The number of carbonyl (C=O) groups excluding carboxylic acids is 2. The van der Waals surface area contributed by atoms with E-state index in [-0.39, 0.29) is 30.4 Å². The molecule has 0 radical (unpaired) electrons. The number of para-hydroxylation sites is 1. The van der Waals surface area contributed by atoms with Gasteiger partial charge >= 0.3 is 5.97 Å². The van der Waals surface area contributed by atoms with Gasteiger partial charge in [-0.3, -0.25) is 4.79 Å². The lowest BCUT2D eigenvalue weighted by Gasteiger charge is -2.20. The summed E-state index contributed by atoms with van der Waals surface area (Å²) in [6, 6.07) is 15.1. The van der Waals surface area contributed by atoms with E-state index in [2.05, 4.69) is 4.99 Å². The number of benzene rings is 2. The Bertz CT molecular complexity index is 1510. The molecule has 8 nitrogen and oxygen atoms in total. The number of hydrogen-bond donors (Lipinski definition) is 1. The molecule has 1 aromatic heterocycles. The van der Waals surface area contributed by atoms with Crippen LogP contribution in [0.25, 0.3) is 17.0 Å². The molecule has 9 heteroatoms. The van der Waals surface area contributed by atoms with E-state index in [4.69, 9.17) is 9.47 Å². The fourth-order valence-electron chi connectivity index (χ4n) is 5.12. The van der Waals surface area contributed by atoms with Gasteiger partial charge in [-0.25, -0.2) is 9.79 Å². The minimum atomic E-state index is -0.629. The van der Waals surface area contributed by atoms with Crippen molar-refractivity contribution in [1.29, 1.82) is 0 Å². The van der Waals surface area contributed by atoms with Gasteiger partial charge in [0.05, 0.1) is 23.8 Å². The van der Waals surface area contributed by atoms with Crippen molar-refractivity contribution in [3.8, 4) is 5.75 Å². The van der Waals surface area contributed by atoms with Gasteiger partial charge in [-0.1, -0.05) is 42.8 Å². The molecule has 3 aromatic rings. The van der Waals surface area contributed by atoms with Crippen molar-refractivity contribution in [3.63, 3.8) is 0 Å². The number of ether oxygens (including phenoxy) is 2. The van der Waals surface area contributed by atoms with E-state index < -0.39 is 5.97 Å². The van der Waals surface area contributed by atoms with Gasteiger partial charge in [0, 0.05) is 35.8 Å². The predicted octanol–water partition coefficient (Wildman–Crippen LogP) is 6.64. The maximum atomic E-state index is 13.2. The Labute approximate surface area is 244 Å². The quantitative estimate of drug-likeness (QED) is 0.304. The van der Waals surface area contributed by atoms with Crippen molar-refractivity contribution in [2.75, 3.05) is 26.3 Å². The molecule has 0 spiro atoms. The third kappa shape index (κ3) is 6.51. The van der Waals surface area contributed by atoms with Crippen molar-refractivity contribution in [3.05, 3.63) is 76.5 Å². The van der Waals surface area contributed by atoms with E-state index in [0.29, 0.717) is 22.2 Å². The Kier molecular flexibility index (Phi) is 9.14. The van der Waals surface area contributed by atoms with Crippen LogP contribution in [-0.2, 0) is 20.9 Å². The molecule has 0 bridgehead atoms. The average Bonchev–Trinajstić information content (AvgIpc) is 3.30. The number of fused-ring (bicyclic) bond motifs is 1. The minimum Gasteiger partial charge on any atom is -0.506 e. The average molecular weight is 574 g/mol. The summed E-state index contributed by atoms with van der Waals surface area (Å²) in [6.45, 7) is 6.23. The fraction of sp³-hybridized carbons (Fsp3) is 0.344. The fourth-order valence-corrected chi connectivity index (χ4v) is 6.15. The van der Waals surface area contributed by atoms with Gasteiger partial charge in [0.15, 0.2) is 0 Å². The third-order valence-corrected chi connectivity index (χ3v) is 8.14. The van der Waals surface area contributed by atoms with E-state index in [1.165, 1.54) is 24.6 Å². The van der Waals surface area contributed by atoms with Crippen LogP contribution in [0, 0.1) is 0 Å². The van der Waals surface area contributed by atoms with Crippen molar-refractivity contribution in [1.82, 2.24) is 9.47 Å². The first-order chi connectivity index (χ1) is 20.0. The number of aromatic nitrogens is 1. The monoisotopic (exact) mass is 573 g/mol. The predicted molar refractivity (Wildman–Crippen MR) is 164 cm³/mol. The molecule has 2 aliphatic heterocycles. The highest BCUT2D eigenvalue weighted by Gasteiger charge is 2.33. The van der Waals surface area contributed by atoms with E-state index >= 15 is 0 Å². The number of aliphatic hydroxyl groups excluding tert-OH is 1. The molecule has 2 aliphatic rings. The second-order valence-electron chi connectivity index (χ2n) is 9.92. The lowest BCUT2D eigenvalue weighted by atomic mass is 10.1. The number of aliphatic hydroxyl groups is 1. The maximum absolute atomic E-state index is 13.2. The molecule has 1 amide bonds. The summed E-state index contributed by atoms with van der Waals surface area (Å²) in [7, 11) is 0. The molecule has 0 atom stereocenters. The number of amides is 1. The number of likely N-dealkylation sites (tertiary alicyclic amines) is 1. The number of hydrogen-bond acceptors (Lipinski definition) is 7. The molecular formula is C32H35N3O5S. The Morgan fingerprint density at radius 2 is 1.73 bits per heavy atom. The molecule has 0 saturated carbocycles. The molecule has 5 rings (SSSR count). The molecule has 0 unspecified atom stereocenters. The molecule has 1 N–H and O–H groups in total. The maximum Gasteiger partial charge on any atom is 0.344 e. The van der Waals surface area contributed by atoms with Gasteiger partial charge in [0.1, 0.15) is 28.7 Å². The van der Waals surface area contributed by atoms with Crippen LogP contribution in [0.4, 0.5) is 5.69 Å². The largest absolute Gasteiger partial charge is 0.506 e. The normalized spacial score (nSPS) is 17.9. The summed E-state index contributed by atoms with van der Waals surface area (Å²) in [5, 5.41) is 12.5. The van der Waals surface area contributed by atoms with Crippen LogP contribution < -0.4 is 4.74 Å². The van der Waals surface area contributed by atoms with Gasteiger partial charge in [-0.15, -0.1) is 0 Å². The van der Waals surface area contributed by atoms with Crippen LogP contribution in [0.1, 0.15) is 45.1 Å². The van der Waals surface area contributed by atoms with Crippen molar-refractivity contribution >= 4 is 51.3 Å². The first-order valence-electron chi connectivity index (χ1n) is 14.2. The van der Waals surface area contributed by atoms with E-state index in [1.54, 1.807) is 19.1 Å². The van der Waals surface area contributed by atoms with Crippen molar-refractivity contribution in [2.45, 2.75) is 46.1 Å². The SMILES string of the molecule is CCOC(=O)C1=C(O)/C(=C/c2cn(CC(=O)N3CCCCCC3)c3ccccc23)SC1=Nc1ccc(OCC)cc1. The highest BCUT2D eigenvalue weighted by molar-refractivity contribution is 8.18. The van der Waals surface area contributed by atoms with Crippen LogP contribution in [0.2, 0.25) is 0 Å². The Morgan fingerprint density at radius 3 is 2.44 bits per heavy atom. The third-order valence-electron chi connectivity index (χ3n) is 7.12. The lowest BCUT2D eigenvalue weighted by molar-refractivity contribution is -0.138. The summed E-state index contributed by atoms with van der Waals surface area (Å²) in [5.41, 5.74) is 2.43. The smallest absolute Gasteiger partial charge is 0.344 e. The first-order valence-corrected chi connectivity index (χ1v) is 15.0. The molecule has 1 saturated heterocycles. The molecule has 3 heterocycles. The molecule has 0 aliphatic carbocycles. The Hall–Kier alpha value is -3.98. The van der Waals surface area contributed by atoms with Gasteiger partial charge in [-0.05, 0) is 63.1 Å². The van der Waals surface area contributed by atoms with Crippen LogP contribution in [-0.4, -0.2) is 57.8 Å². The first kappa shape index (κ1) is 28.5. The second-order valence-corrected chi connectivity index (χ2v) is 11.0. The standard InChI is InChI=1S/C32H35N3O5S/c1-3-39-24-15-13-23(14-16-24)33-31-29(32(38)40-4-2)30(37)27(41-31)19-22-20-35(26-12-8-7-11-25(22)26)21-28(36)34-17-9-5-6-10-18-34/h7-8,11-16,19-20,37H,3-6,9-10,17-18,21H2,1-2H3/b27-19-,33-31?. The van der Waals surface area contributed by atoms with Crippen LogP contribution in [0.3, 0.4) is 0 Å². The van der Waals surface area contributed by atoms with Gasteiger partial charge in [0.25, 0.3) is 0 Å². The summed E-state index contributed by atoms with van der Waals surface area (Å²) in [4.78, 5) is 33.2. The molecule has 41 heavy (non-hydrogen) atoms. The summed E-state index contributed by atoms with van der Waals surface area (Å²) in [5.74, 6) is 0.0386. The molecule has 1 fully saturated rings. The summed E-state index contributed by atoms with van der Waals surface area (Å²) in [6.07, 6.45) is 8.20. The number of esters is 1. The van der Waals surface area contributed by atoms with Crippen LogP contribution in [0.15, 0.2) is 76.0 Å². The number of carbonyl (C=O) groups is 2. The molecule has 214 valence electrons. The zero-order valence-corrected chi connectivity index (χ0v) is 24.3. The number of thioether (sulfide) groups is 1. The number of nitrogens with zero attached hydrogens (tertiary/aromatic N) is 3. The van der Waals surface area contributed by atoms with Crippen molar-refractivity contribution in [2.24, 2.45) is 4.99 Å². The van der Waals surface area contributed by atoms with E-state index in [0.717, 1.165) is 48.1 Å². The molecule has 2 aromatic carbocycles. The molecular weight excluding hydrogens is 538 g/mol. The minimum absolute atomic E-state index is 0.0389. The topological polar surface area (TPSA) is 93.4 Å². The highest BCUT2D eigenvalue weighted by atomic mass is 32.2.